The van der Waals surface area contributed by atoms with Crippen molar-refractivity contribution >= 4 is 17.2 Å². The number of amidine groups is 1. The Morgan fingerprint density at radius 1 is 0.792 bits per heavy atom. The van der Waals surface area contributed by atoms with Crippen molar-refractivity contribution in [2.75, 3.05) is 18.1 Å². The molecule has 1 aliphatic heterocycles. The molecule has 0 unspecified atom stereocenters. The van der Waals surface area contributed by atoms with Gasteiger partial charge in [0.15, 0.2) is 6.67 Å². The lowest BCUT2D eigenvalue weighted by atomic mass is 10.0. The summed E-state index contributed by atoms with van der Waals surface area (Å²) in [5, 5.41) is 0. The summed E-state index contributed by atoms with van der Waals surface area (Å²) in [6.07, 6.45) is 0. The molecule has 3 nitrogen and oxygen atoms in total. The minimum atomic E-state index is 0.775. The van der Waals surface area contributed by atoms with E-state index in [0.717, 1.165) is 19.0 Å². The smallest absolute Gasteiger partial charge is 0.269 e. The first kappa shape index (κ1) is 16.6. The number of nitrogens with two attached hydrogens (primary N) is 1. The van der Waals surface area contributed by atoms with Crippen molar-refractivity contribution in [3.05, 3.63) is 57.6 Å². The summed E-state index contributed by atoms with van der Waals surface area (Å²) in [6, 6.07) is 8.98. The molecule has 24 heavy (non-hydrogen) atoms. The van der Waals surface area contributed by atoms with Gasteiger partial charge in [-0.3, -0.25) is 5.73 Å². The van der Waals surface area contributed by atoms with Crippen molar-refractivity contribution in [1.82, 2.24) is 0 Å². The summed E-state index contributed by atoms with van der Waals surface area (Å²) in [5.74, 6) is 0.921. The Hall–Kier alpha value is -2.29. The van der Waals surface area contributed by atoms with Gasteiger partial charge in [-0.1, -0.05) is 35.4 Å². The van der Waals surface area contributed by atoms with Crippen molar-refractivity contribution in [3.63, 3.8) is 0 Å². The van der Waals surface area contributed by atoms with E-state index in [2.05, 4.69) is 75.3 Å². The van der Waals surface area contributed by atoms with Gasteiger partial charge in [-0.15, -0.1) is 0 Å². The molecule has 0 amide bonds. The second-order valence-electron chi connectivity index (χ2n) is 7.25. The Labute approximate surface area is 145 Å². The van der Waals surface area contributed by atoms with Gasteiger partial charge in [-0.2, -0.15) is 0 Å². The Bertz CT molecular complexity index is 800. The number of nitrogens with zero attached hydrogens (tertiary/aromatic N) is 2. The third-order valence-electron chi connectivity index (χ3n) is 4.87. The molecule has 0 aliphatic carbocycles. The number of rotatable bonds is 2. The highest BCUT2D eigenvalue weighted by Crippen LogP contribution is 2.31. The zero-order valence-corrected chi connectivity index (χ0v) is 15.7. The van der Waals surface area contributed by atoms with Gasteiger partial charge < -0.3 is 4.90 Å². The molecule has 0 saturated heterocycles. The molecular weight excluding hydrogens is 294 g/mol. The number of benzene rings is 2. The fourth-order valence-corrected chi connectivity index (χ4v) is 4.23. The van der Waals surface area contributed by atoms with Crippen molar-refractivity contribution in [1.29, 1.82) is 0 Å². The minimum absolute atomic E-state index is 0.775. The predicted molar refractivity (Wildman–Crippen MR) is 103 cm³/mol. The zero-order chi connectivity index (χ0) is 17.6. The van der Waals surface area contributed by atoms with Crippen LogP contribution >= 0.6 is 0 Å². The highest BCUT2D eigenvalue weighted by molar-refractivity contribution is 5.84. The van der Waals surface area contributed by atoms with Crippen LogP contribution < -0.4 is 10.6 Å². The summed E-state index contributed by atoms with van der Waals surface area (Å²) in [5.41, 5.74) is 16.8. The second-order valence-corrected chi connectivity index (χ2v) is 7.25. The van der Waals surface area contributed by atoms with Crippen LogP contribution in [0.1, 0.15) is 33.4 Å². The van der Waals surface area contributed by atoms with Crippen LogP contribution in [0, 0.1) is 41.5 Å². The molecule has 1 heterocycles. The summed E-state index contributed by atoms with van der Waals surface area (Å²) < 4.78 is 2.27. The average molecular weight is 322 g/mol. The molecule has 0 radical (unpaired) electrons. The monoisotopic (exact) mass is 322 g/mol. The van der Waals surface area contributed by atoms with Crippen LogP contribution in [0.3, 0.4) is 0 Å². The van der Waals surface area contributed by atoms with Crippen LogP contribution in [-0.2, 0) is 0 Å². The van der Waals surface area contributed by atoms with Gasteiger partial charge in [0.1, 0.15) is 12.2 Å². The van der Waals surface area contributed by atoms with Crippen LogP contribution in [0.5, 0.6) is 0 Å². The van der Waals surface area contributed by atoms with Crippen molar-refractivity contribution in [2.24, 2.45) is 5.73 Å². The van der Waals surface area contributed by atoms with E-state index in [1.165, 1.54) is 44.8 Å². The molecule has 1 aliphatic rings. The van der Waals surface area contributed by atoms with E-state index in [4.69, 9.17) is 5.73 Å². The number of hydrogen-bond donors (Lipinski definition) is 1. The maximum absolute atomic E-state index is 6.45. The quantitative estimate of drug-likeness (QED) is 0.847. The first-order valence-electron chi connectivity index (χ1n) is 8.57. The van der Waals surface area contributed by atoms with Gasteiger partial charge in [0.05, 0.1) is 0 Å². The van der Waals surface area contributed by atoms with Gasteiger partial charge in [-0.25, -0.2) is 4.58 Å². The third-order valence-corrected chi connectivity index (χ3v) is 4.87. The van der Waals surface area contributed by atoms with Crippen LogP contribution in [0.4, 0.5) is 11.4 Å². The molecular formula is C21H28N3+. The van der Waals surface area contributed by atoms with Gasteiger partial charge in [0, 0.05) is 5.69 Å². The van der Waals surface area contributed by atoms with Crippen LogP contribution in [0.2, 0.25) is 0 Å². The van der Waals surface area contributed by atoms with Gasteiger partial charge >= 0.3 is 0 Å². The lowest BCUT2D eigenvalue weighted by Gasteiger charge is -2.22. The Morgan fingerprint density at radius 3 is 1.75 bits per heavy atom. The highest BCUT2D eigenvalue weighted by Gasteiger charge is 2.29. The summed E-state index contributed by atoms with van der Waals surface area (Å²) in [6.45, 7) is 14.6. The van der Waals surface area contributed by atoms with E-state index in [1.54, 1.807) is 0 Å². The number of anilines is 1. The molecule has 0 bridgehead atoms. The molecule has 2 aromatic rings. The Kier molecular flexibility index (Phi) is 4.12. The zero-order valence-electron chi connectivity index (χ0n) is 15.7. The summed E-state index contributed by atoms with van der Waals surface area (Å²) in [4.78, 5) is 2.39. The Morgan fingerprint density at radius 2 is 1.25 bits per heavy atom. The third kappa shape index (κ3) is 2.79. The van der Waals surface area contributed by atoms with Gasteiger partial charge in [-0.05, 0) is 63.8 Å². The predicted octanol–water partition coefficient (Wildman–Crippen LogP) is 4.02. The largest absolute Gasteiger partial charge is 0.323 e. The molecule has 0 aromatic heterocycles. The van der Waals surface area contributed by atoms with Gasteiger partial charge in [0.25, 0.3) is 5.84 Å². The van der Waals surface area contributed by atoms with Crippen molar-refractivity contribution in [2.45, 2.75) is 41.5 Å². The standard InChI is InChI=1S/C21H27N3/c1-13-7-15(3)20(16(4)8-13)23-11-19(22)24(12-23)21-17(5)9-14(2)10-18(21)6/h7-10,22H,11-12H2,1-6H3/p+1. The van der Waals surface area contributed by atoms with Crippen molar-refractivity contribution < 1.29 is 4.58 Å². The van der Waals surface area contributed by atoms with E-state index < -0.39 is 0 Å². The fraction of sp³-hybridized carbons (Fsp3) is 0.381. The van der Waals surface area contributed by atoms with Crippen LogP contribution in [0.25, 0.3) is 0 Å². The number of hydrogen-bond acceptors (Lipinski definition) is 2. The second kappa shape index (κ2) is 5.97. The normalized spacial score (nSPS) is 14.7. The van der Waals surface area contributed by atoms with Crippen LogP contribution in [0.15, 0.2) is 24.3 Å². The van der Waals surface area contributed by atoms with Crippen LogP contribution in [-0.4, -0.2) is 23.6 Å². The van der Waals surface area contributed by atoms with E-state index in [9.17, 15) is 0 Å². The van der Waals surface area contributed by atoms with E-state index in [1.807, 2.05) is 0 Å². The average Bonchev–Trinajstić information content (AvgIpc) is 2.78. The van der Waals surface area contributed by atoms with E-state index in [0.29, 0.717) is 0 Å². The lowest BCUT2D eigenvalue weighted by Crippen LogP contribution is -2.27. The molecule has 0 fully saturated rings. The van der Waals surface area contributed by atoms with E-state index in [-0.39, 0.29) is 0 Å². The maximum Gasteiger partial charge on any atom is 0.269 e. The number of aryl methyl sites for hydroxylation is 6. The SMILES string of the molecule is Cc1cc(C)c(N2CC(N)=[N+](c3c(C)cc(C)cc3C)C2)c(C)c1. The fourth-order valence-electron chi connectivity index (χ4n) is 4.23. The van der Waals surface area contributed by atoms with Crippen molar-refractivity contribution in [3.8, 4) is 0 Å². The molecule has 3 rings (SSSR count). The molecule has 0 saturated carbocycles. The minimum Gasteiger partial charge on any atom is -0.323 e. The lowest BCUT2D eigenvalue weighted by molar-refractivity contribution is -0.432. The molecule has 126 valence electrons. The molecule has 2 N–H and O–H groups in total. The topological polar surface area (TPSA) is 32.3 Å². The van der Waals surface area contributed by atoms with Gasteiger partial charge in [0.2, 0.25) is 0 Å². The summed E-state index contributed by atoms with van der Waals surface area (Å²) >= 11 is 0. The van der Waals surface area contributed by atoms with E-state index >= 15 is 0 Å². The molecule has 2 aromatic carbocycles. The first-order valence-corrected chi connectivity index (χ1v) is 8.57. The molecule has 3 heteroatoms. The molecule has 0 atom stereocenters. The maximum atomic E-state index is 6.45. The first-order chi connectivity index (χ1) is 11.3. The summed E-state index contributed by atoms with van der Waals surface area (Å²) in [7, 11) is 0. The molecule has 0 spiro atoms. The Balaban J connectivity index is 2.00. The highest BCUT2D eigenvalue weighted by atomic mass is 15.3.